The predicted octanol–water partition coefficient (Wildman–Crippen LogP) is 4.97. The van der Waals surface area contributed by atoms with E-state index in [0.29, 0.717) is 28.1 Å². The topological polar surface area (TPSA) is 67.5 Å². The van der Waals surface area contributed by atoms with Crippen molar-refractivity contribution in [3.05, 3.63) is 94.4 Å². The SMILES string of the molecule is CC(C)c1cccc(N=Cc2c(O)n(-c3ccccn3)c(=O)c3ccccc23)c1. The van der Waals surface area contributed by atoms with Gasteiger partial charge in [0.15, 0.2) is 0 Å². The van der Waals surface area contributed by atoms with Crippen LogP contribution in [0.1, 0.15) is 30.9 Å². The van der Waals surface area contributed by atoms with Crippen LogP contribution >= 0.6 is 0 Å². The molecule has 0 bridgehead atoms. The Morgan fingerprint density at radius 3 is 2.48 bits per heavy atom. The minimum absolute atomic E-state index is 0.184. The lowest BCUT2D eigenvalue weighted by Gasteiger charge is -2.12. The van der Waals surface area contributed by atoms with Gasteiger partial charge in [0.25, 0.3) is 5.56 Å². The van der Waals surface area contributed by atoms with Gasteiger partial charge in [-0.3, -0.25) is 9.79 Å². The molecule has 0 aliphatic rings. The standard InChI is InChI=1S/C24H21N3O2/c1-16(2)17-8-7-9-18(14-17)26-15-21-19-10-3-4-11-20(19)23(28)27(24(21)29)22-12-5-6-13-25-22/h3-16,29H,1-2H3. The van der Waals surface area contributed by atoms with E-state index < -0.39 is 0 Å². The van der Waals surface area contributed by atoms with E-state index in [0.717, 1.165) is 5.69 Å². The van der Waals surface area contributed by atoms with Gasteiger partial charge in [-0.05, 0) is 41.8 Å². The van der Waals surface area contributed by atoms with Crippen LogP contribution < -0.4 is 5.56 Å². The number of hydrogen-bond donors (Lipinski definition) is 1. The Balaban J connectivity index is 1.92. The number of aromatic hydroxyl groups is 1. The average molecular weight is 383 g/mol. The first-order chi connectivity index (χ1) is 14.1. The van der Waals surface area contributed by atoms with Crippen molar-refractivity contribution < 1.29 is 5.11 Å². The Bertz CT molecular complexity index is 1260. The third-order valence-electron chi connectivity index (χ3n) is 4.86. The van der Waals surface area contributed by atoms with Crippen molar-refractivity contribution in [3.63, 3.8) is 0 Å². The molecule has 0 saturated heterocycles. The molecule has 5 nitrogen and oxygen atoms in total. The molecular formula is C24H21N3O2. The Hall–Kier alpha value is -3.73. The highest BCUT2D eigenvalue weighted by atomic mass is 16.3. The van der Waals surface area contributed by atoms with E-state index in [2.05, 4.69) is 29.9 Å². The minimum Gasteiger partial charge on any atom is -0.494 e. The summed E-state index contributed by atoms with van der Waals surface area (Å²) in [6.45, 7) is 4.26. The molecule has 1 N–H and O–H groups in total. The van der Waals surface area contributed by atoms with Crippen molar-refractivity contribution in [2.24, 2.45) is 4.99 Å². The highest BCUT2D eigenvalue weighted by molar-refractivity contribution is 6.02. The molecule has 0 aliphatic carbocycles. The fourth-order valence-electron chi connectivity index (χ4n) is 3.29. The number of aliphatic imine (C=N–C) groups is 1. The molecule has 0 atom stereocenters. The average Bonchev–Trinajstić information content (AvgIpc) is 2.75. The molecular weight excluding hydrogens is 362 g/mol. The molecule has 0 spiro atoms. The lowest BCUT2D eigenvalue weighted by atomic mass is 10.0. The number of fused-ring (bicyclic) bond motifs is 1. The zero-order chi connectivity index (χ0) is 20.4. The lowest BCUT2D eigenvalue weighted by molar-refractivity contribution is 0.435. The third kappa shape index (κ3) is 3.55. The molecule has 5 heteroatoms. The summed E-state index contributed by atoms with van der Waals surface area (Å²) in [5.41, 5.74) is 2.12. The smallest absolute Gasteiger partial charge is 0.267 e. The molecule has 4 rings (SSSR count). The normalized spacial score (nSPS) is 11.6. The highest BCUT2D eigenvalue weighted by Crippen LogP contribution is 2.26. The van der Waals surface area contributed by atoms with Crippen molar-refractivity contribution in [1.29, 1.82) is 0 Å². The van der Waals surface area contributed by atoms with Gasteiger partial charge < -0.3 is 5.11 Å². The molecule has 4 aromatic rings. The van der Waals surface area contributed by atoms with E-state index in [1.807, 2.05) is 30.3 Å². The lowest BCUT2D eigenvalue weighted by Crippen LogP contribution is -2.20. The van der Waals surface area contributed by atoms with Crippen LogP contribution in [0.4, 0.5) is 5.69 Å². The van der Waals surface area contributed by atoms with Crippen molar-refractivity contribution >= 4 is 22.7 Å². The molecule has 29 heavy (non-hydrogen) atoms. The van der Waals surface area contributed by atoms with Crippen molar-refractivity contribution in [2.45, 2.75) is 19.8 Å². The molecule has 0 radical (unpaired) electrons. The van der Waals surface area contributed by atoms with Crippen LogP contribution in [-0.2, 0) is 0 Å². The summed E-state index contributed by atoms with van der Waals surface area (Å²) in [7, 11) is 0. The molecule has 0 saturated carbocycles. The van der Waals surface area contributed by atoms with E-state index in [-0.39, 0.29) is 11.4 Å². The van der Waals surface area contributed by atoms with Gasteiger partial charge in [-0.2, -0.15) is 0 Å². The molecule has 2 aromatic carbocycles. The second kappa shape index (κ2) is 7.72. The Morgan fingerprint density at radius 1 is 1.00 bits per heavy atom. The third-order valence-corrected chi connectivity index (χ3v) is 4.86. The van der Waals surface area contributed by atoms with Gasteiger partial charge in [0.1, 0.15) is 5.82 Å². The molecule has 0 fully saturated rings. The second-order valence-corrected chi connectivity index (χ2v) is 7.12. The Labute approximate surface area is 168 Å². The molecule has 144 valence electrons. The summed E-state index contributed by atoms with van der Waals surface area (Å²) in [6, 6.07) is 20.4. The van der Waals surface area contributed by atoms with Gasteiger partial charge in [-0.25, -0.2) is 9.55 Å². The van der Waals surface area contributed by atoms with E-state index in [4.69, 9.17) is 0 Å². The van der Waals surface area contributed by atoms with Crippen LogP contribution in [0.5, 0.6) is 5.88 Å². The minimum atomic E-state index is -0.323. The van der Waals surface area contributed by atoms with Gasteiger partial charge in [0.05, 0.1) is 11.3 Å². The molecule has 2 heterocycles. The molecule has 0 unspecified atom stereocenters. The number of benzene rings is 2. The molecule has 0 amide bonds. The number of hydrogen-bond acceptors (Lipinski definition) is 4. The predicted molar refractivity (Wildman–Crippen MR) is 117 cm³/mol. The van der Waals surface area contributed by atoms with Crippen LogP contribution in [0.2, 0.25) is 0 Å². The van der Waals surface area contributed by atoms with Gasteiger partial charge in [-0.15, -0.1) is 0 Å². The van der Waals surface area contributed by atoms with Gasteiger partial charge >= 0.3 is 0 Å². The van der Waals surface area contributed by atoms with Gasteiger partial charge in [0.2, 0.25) is 5.88 Å². The maximum Gasteiger partial charge on any atom is 0.267 e. The van der Waals surface area contributed by atoms with Crippen LogP contribution in [-0.4, -0.2) is 20.9 Å². The van der Waals surface area contributed by atoms with E-state index in [1.54, 1.807) is 42.7 Å². The maximum atomic E-state index is 13.0. The van der Waals surface area contributed by atoms with E-state index >= 15 is 0 Å². The van der Waals surface area contributed by atoms with Crippen LogP contribution in [0.3, 0.4) is 0 Å². The Kier molecular flexibility index (Phi) is 4.96. The van der Waals surface area contributed by atoms with E-state index in [9.17, 15) is 9.90 Å². The fraction of sp³-hybridized carbons (Fsp3) is 0.125. The second-order valence-electron chi connectivity index (χ2n) is 7.12. The first-order valence-electron chi connectivity index (χ1n) is 9.48. The zero-order valence-corrected chi connectivity index (χ0v) is 16.3. The summed E-state index contributed by atoms with van der Waals surface area (Å²) in [5, 5.41) is 12.1. The van der Waals surface area contributed by atoms with Gasteiger partial charge in [-0.1, -0.05) is 50.2 Å². The number of pyridine rings is 2. The van der Waals surface area contributed by atoms with Crippen LogP contribution in [0.15, 0.2) is 82.7 Å². The van der Waals surface area contributed by atoms with Gasteiger partial charge in [0, 0.05) is 23.2 Å². The first-order valence-corrected chi connectivity index (χ1v) is 9.48. The number of nitrogens with zero attached hydrogens (tertiary/aromatic N) is 3. The van der Waals surface area contributed by atoms with E-state index in [1.165, 1.54) is 10.1 Å². The summed E-state index contributed by atoms with van der Waals surface area (Å²) in [4.78, 5) is 21.8. The summed E-state index contributed by atoms with van der Waals surface area (Å²) in [6.07, 6.45) is 3.19. The fourth-order valence-corrected chi connectivity index (χ4v) is 3.29. The largest absolute Gasteiger partial charge is 0.494 e. The van der Waals surface area contributed by atoms with Crippen molar-refractivity contribution in [3.8, 4) is 11.7 Å². The Morgan fingerprint density at radius 2 is 1.76 bits per heavy atom. The first kappa shape index (κ1) is 18.6. The molecule has 2 aromatic heterocycles. The van der Waals surface area contributed by atoms with Crippen LogP contribution in [0.25, 0.3) is 16.6 Å². The molecule has 0 aliphatic heterocycles. The number of aromatic nitrogens is 2. The summed E-state index contributed by atoms with van der Waals surface area (Å²) in [5.74, 6) is 0.568. The monoisotopic (exact) mass is 383 g/mol. The summed E-state index contributed by atoms with van der Waals surface area (Å²) < 4.78 is 1.22. The summed E-state index contributed by atoms with van der Waals surface area (Å²) >= 11 is 0. The van der Waals surface area contributed by atoms with Crippen molar-refractivity contribution in [1.82, 2.24) is 9.55 Å². The maximum absolute atomic E-state index is 13.0. The quantitative estimate of drug-likeness (QED) is 0.506. The van der Waals surface area contributed by atoms with Crippen LogP contribution in [0, 0.1) is 0 Å². The zero-order valence-electron chi connectivity index (χ0n) is 16.3. The number of rotatable bonds is 4. The highest BCUT2D eigenvalue weighted by Gasteiger charge is 2.16. The van der Waals surface area contributed by atoms with Crippen molar-refractivity contribution in [2.75, 3.05) is 0 Å².